The predicted molar refractivity (Wildman–Crippen MR) is 135 cm³/mol. The molecule has 30 heavy (non-hydrogen) atoms. The molecule has 9 heteroatoms. The van der Waals surface area contributed by atoms with Crippen LogP contribution < -0.4 is 16.0 Å². The highest BCUT2D eigenvalue weighted by Gasteiger charge is 2.30. The number of amides is 1. The zero-order valence-electron chi connectivity index (χ0n) is 18.9. The maximum atomic E-state index is 12.3. The molecule has 0 radical (unpaired) electrons. The lowest BCUT2D eigenvalue weighted by molar-refractivity contribution is 0.0448. The average molecular weight is 553 g/mol. The number of benzene rings is 1. The molecule has 0 aliphatic carbocycles. The van der Waals surface area contributed by atoms with E-state index in [0.29, 0.717) is 24.8 Å². The molecule has 172 valence electrons. The van der Waals surface area contributed by atoms with Crippen LogP contribution in [0.3, 0.4) is 0 Å². The van der Waals surface area contributed by atoms with E-state index >= 15 is 0 Å². The molecule has 1 aromatic rings. The third-order valence-corrected chi connectivity index (χ3v) is 5.90. The van der Waals surface area contributed by atoms with E-state index < -0.39 is 28.0 Å². The van der Waals surface area contributed by atoms with Gasteiger partial charge in [0.15, 0.2) is 5.96 Å². The Hall–Kier alpha value is -1.36. The minimum Gasteiger partial charge on any atom is -0.444 e. The molecule has 0 spiro atoms. The smallest absolute Gasteiger partial charge is 0.408 e. The number of nitrogens with zero attached hydrogens (tertiary/aromatic N) is 1. The summed E-state index contributed by atoms with van der Waals surface area (Å²) in [5.41, 5.74) is -0.996. The van der Waals surface area contributed by atoms with Crippen molar-refractivity contribution in [1.29, 1.82) is 0 Å². The average Bonchev–Trinajstić information content (AvgIpc) is 2.68. The number of carbonyl (C=O) groups is 1. The van der Waals surface area contributed by atoms with Gasteiger partial charge in [-0.25, -0.2) is 4.79 Å². The van der Waals surface area contributed by atoms with Crippen LogP contribution in [-0.4, -0.2) is 53.3 Å². The summed E-state index contributed by atoms with van der Waals surface area (Å²) < 4.78 is 17.7. The Bertz CT molecular complexity index is 689. The molecule has 7 nitrogen and oxygen atoms in total. The summed E-state index contributed by atoms with van der Waals surface area (Å²) in [4.78, 5) is 17.3. The number of guanidine groups is 1. The Morgan fingerprint density at radius 1 is 1.10 bits per heavy atom. The van der Waals surface area contributed by atoms with Crippen LogP contribution in [-0.2, 0) is 15.5 Å². The Morgan fingerprint density at radius 2 is 1.70 bits per heavy atom. The van der Waals surface area contributed by atoms with Gasteiger partial charge < -0.3 is 20.7 Å². The van der Waals surface area contributed by atoms with Gasteiger partial charge in [0.05, 0.1) is 16.3 Å². The third-order valence-electron chi connectivity index (χ3n) is 4.52. The summed E-state index contributed by atoms with van der Waals surface area (Å²) in [5, 5.41) is 9.45. The highest BCUT2D eigenvalue weighted by Crippen LogP contribution is 2.16. The minimum atomic E-state index is -1.06. The first kappa shape index (κ1) is 28.6. The van der Waals surface area contributed by atoms with Gasteiger partial charge in [0.2, 0.25) is 0 Å². The van der Waals surface area contributed by atoms with Crippen molar-refractivity contribution < 1.29 is 13.7 Å². The van der Waals surface area contributed by atoms with Gasteiger partial charge in [0, 0.05) is 30.8 Å². The molecule has 1 amide bonds. The van der Waals surface area contributed by atoms with Crippen LogP contribution >= 0.6 is 24.0 Å². The Labute approximate surface area is 200 Å². The van der Waals surface area contributed by atoms with E-state index in [9.17, 15) is 9.00 Å². The third kappa shape index (κ3) is 10.6. The topological polar surface area (TPSA) is 91.8 Å². The molecule has 0 heterocycles. The highest BCUT2D eigenvalue weighted by atomic mass is 127. The van der Waals surface area contributed by atoms with Crippen molar-refractivity contribution in [3.63, 3.8) is 0 Å². The van der Waals surface area contributed by atoms with E-state index in [0.717, 1.165) is 17.7 Å². The van der Waals surface area contributed by atoms with Crippen molar-refractivity contribution in [3.8, 4) is 0 Å². The van der Waals surface area contributed by atoms with Crippen molar-refractivity contribution in [3.05, 3.63) is 30.3 Å². The van der Waals surface area contributed by atoms with Crippen LogP contribution in [0.5, 0.6) is 0 Å². The molecular weight excluding hydrogens is 515 g/mol. The summed E-state index contributed by atoms with van der Waals surface area (Å²) >= 11 is 0. The van der Waals surface area contributed by atoms with E-state index in [2.05, 4.69) is 20.9 Å². The SMILES string of the molecule is CCC(CC)(CNC(=NC)NCCS(=O)c1ccccc1)NC(=O)OC(C)(C)C.I. The summed E-state index contributed by atoms with van der Waals surface area (Å²) in [6, 6.07) is 9.40. The van der Waals surface area contributed by atoms with Gasteiger partial charge in [-0.15, -0.1) is 24.0 Å². The van der Waals surface area contributed by atoms with Crippen molar-refractivity contribution >= 4 is 46.8 Å². The number of ether oxygens (including phenoxy) is 1. The molecule has 3 N–H and O–H groups in total. The standard InChI is InChI=1S/C21H36N4O3S.HI/c1-7-21(8-2,25-19(26)28-20(3,4)5)16-24-18(22-6)23-14-15-29(27)17-12-10-9-11-13-17;/h9-13H,7-8,14-16H2,1-6H3,(H,25,26)(H2,22,23,24);1H. The molecule has 1 rings (SSSR count). The molecule has 0 bridgehead atoms. The van der Waals surface area contributed by atoms with Crippen LogP contribution in [0.15, 0.2) is 40.2 Å². The van der Waals surface area contributed by atoms with Crippen molar-refractivity contribution in [2.75, 3.05) is 25.9 Å². The molecule has 1 unspecified atom stereocenters. The predicted octanol–water partition coefficient (Wildman–Crippen LogP) is 3.66. The number of hydrogen-bond donors (Lipinski definition) is 3. The number of rotatable bonds is 9. The van der Waals surface area contributed by atoms with E-state index in [1.165, 1.54) is 0 Å². The number of hydrogen-bond acceptors (Lipinski definition) is 4. The number of carbonyl (C=O) groups excluding carboxylic acids is 1. The van der Waals surface area contributed by atoms with Crippen LogP contribution in [0, 0.1) is 0 Å². The van der Waals surface area contributed by atoms with Gasteiger partial charge in [-0.3, -0.25) is 9.20 Å². The summed E-state index contributed by atoms with van der Waals surface area (Å²) in [7, 11) is 0.622. The van der Waals surface area contributed by atoms with Gasteiger partial charge in [0.25, 0.3) is 0 Å². The molecule has 0 aliphatic rings. The Balaban J connectivity index is 0.00000841. The lowest BCUT2D eigenvalue weighted by Crippen LogP contribution is -2.57. The first-order chi connectivity index (χ1) is 13.6. The van der Waals surface area contributed by atoms with Gasteiger partial charge in [-0.05, 0) is 45.7 Å². The maximum Gasteiger partial charge on any atom is 0.408 e. The van der Waals surface area contributed by atoms with Gasteiger partial charge in [-0.2, -0.15) is 0 Å². The molecule has 0 aromatic heterocycles. The highest BCUT2D eigenvalue weighted by molar-refractivity contribution is 14.0. The van der Waals surface area contributed by atoms with Crippen LogP contribution in [0.25, 0.3) is 0 Å². The van der Waals surface area contributed by atoms with E-state index in [-0.39, 0.29) is 24.0 Å². The fourth-order valence-electron chi connectivity index (χ4n) is 2.67. The van der Waals surface area contributed by atoms with Crippen molar-refractivity contribution in [2.24, 2.45) is 4.99 Å². The van der Waals surface area contributed by atoms with Crippen molar-refractivity contribution in [2.45, 2.75) is 63.5 Å². The summed E-state index contributed by atoms with van der Waals surface area (Å²) in [5.74, 6) is 1.08. The van der Waals surface area contributed by atoms with Crippen LogP contribution in [0.2, 0.25) is 0 Å². The van der Waals surface area contributed by atoms with Crippen molar-refractivity contribution in [1.82, 2.24) is 16.0 Å². The zero-order valence-corrected chi connectivity index (χ0v) is 22.1. The molecule has 0 fully saturated rings. The lowest BCUT2D eigenvalue weighted by Gasteiger charge is -2.34. The second-order valence-electron chi connectivity index (χ2n) is 7.83. The second kappa shape index (κ2) is 13.8. The fourth-order valence-corrected chi connectivity index (χ4v) is 3.65. The van der Waals surface area contributed by atoms with Crippen LogP contribution in [0.1, 0.15) is 47.5 Å². The largest absolute Gasteiger partial charge is 0.444 e. The molecule has 1 aromatic carbocycles. The Morgan fingerprint density at radius 3 is 2.20 bits per heavy atom. The summed E-state index contributed by atoms with van der Waals surface area (Å²) in [6.07, 6.45) is 1.06. The second-order valence-corrected chi connectivity index (χ2v) is 9.40. The van der Waals surface area contributed by atoms with E-state index in [1.54, 1.807) is 7.05 Å². The fraction of sp³-hybridized carbons (Fsp3) is 0.619. The van der Waals surface area contributed by atoms with Gasteiger partial charge in [0.1, 0.15) is 5.60 Å². The molecule has 0 saturated carbocycles. The number of halogens is 1. The Kier molecular flexibility index (Phi) is 13.2. The number of alkyl carbamates (subject to hydrolysis) is 1. The molecule has 0 aliphatic heterocycles. The first-order valence-corrected chi connectivity index (χ1v) is 11.4. The minimum absolute atomic E-state index is 0. The quantitative estimate of drug-likeness (QED) is 0.247. The monoisotopic (exact) mass is 552 g/mol. The van der Waals surface area contributed by atoms with Gasteiger partial charge in [-0.1, -0.05) is 32.0 Å². The van der Waals surface area contributed by atoms with Gasteiger partial charge >= 0.3 is 6.09 Å². The molecule has 1 atom stereocenters. The normalized spacial score (nSPS) is 13.1. The van der Waals surface area contributed by atoms with E-state index in [1.807, 2.05) is 65.0 Å². The molecular formula is C21H37IN4O3S. The number of nitrogens with one attached hydrogen (secondary N) is 3. The zero-order chi connectivity index (χ0) is 21.9. The first-order valence-electron chi connectivity index (χ1n) is 10.0. The molecule has 0 saturated heterocycles. The van der Waals surface area contributed by atoms with E-state index in [4.69, 9.17) is 4.74 Å². The number of aliphatic imine (C=N–C) groups is 1. The summed E-state index contributed by atoms with van der Waals surface area (Å²) in [6.45, 7) is 10.6. The maximum absolute atomic E-state index is 12.3. The lowest BCUT2D eigenvalue weighted by atomic mass is 9.93. The van der Waals surface area contributed by atoms with Crippen LogP contribution in [0.4, 0.5) is 4.79 Å².